The van der Waals surface area contributed by atoms with Crippen molar-refractivity contribution in [3.8, 4) is 22.4 Å². The lowest BCUT2D eigenvalue weighted by Crippen LogP contribution is -2.55. The average Bonchev–Trinajstić information content (AvgIpc) is 2.96. The molecule has 1 heterocycles. The average molecular weight is 564 g/mol. The van der Waals surface area contributed by atoms with E-state index < -0.39 is 11.5 Å². The van der Waals surface area contributed by atoms with Crippen molar-refractivity contribution < 1.29 is 23.1 Å². The molecule has 8 nitrogen and oxygen atoms in total. The topological polar surface area (TPSA) is 110 Å². The number of halogens is 2. The van der Waals surface area contributed by atoms with Crippen LogP contribution in [0.25, 0.3) is 22.4 Å². The molecule has 2 aromatic carbocycles. The number of rotatable bonds is 7. The van der Waals surface area contributed by atoms with Crippen molar-refractivity contribution in [2.75, 3.05) is 19.5 Å². The van der Waals surface area contributed by atoms with Gasteiger partial charge < -0.3 is 20.7 Å². The van der Waals surface area contributed by atoms with Crippen LogP contribution in [-0.4, -0.2) is 53.2 Å². The van der Waals surface area contributed by atoms with E-state index in [-0.39, 0.29) is 36.8 Å². The van der Waals surface area contributed by atoms with Crippen molar-refractivity contribution in [3.63, 3.8) is 0 Å². The van der Waals surface area contributed by atoms with E-state index in [1.54, 1.807) is 24.1 Å². The number of anilines is 1. The van der Waals surface area contributed by atoms with Gasteiger partial charge in [0, 0.05) is 43.5 Å². The number of aromatic nitrogens is 2. The van der Waals surface area contributed by atoms with E-state index in [4.69, 9.17) is 10.5 Å². The van der Waals surface area contributed by atoms with Crippen LogP contribution in [0.1, 0.15) is 50.5 Å². The molecule has 0 aliphatic heterocycles. The number of hydrogen-bond donors (Lipinski definition) is 2. The second-order valence-corrected chi connectivity index (χ2v) is 11.3. The number of amides is 2. The maximum atomic E-state index is 13.5. The number of alkyl halides is 2. The number of nitrogens with one attached hydrogen (secondary N) is 1. The minimum absolute atomic E-state index is 0.118. The molecule has 10 heteroatoms. The van der Waals surface area contributed by atoms with E-state index >= 15 is 0 Å². The van der Waals surface area contributed by atoms with Crippen LogP contribution in [0.3, 0.4) is 0 Å². The zero-order valence-corrected chi connectivity index (χ0v) is 23.3. The van der Waals surface area contributed by atoms with Crippen LogP contribution in [0, 0.1) is 5.92 Å². The quantitative estimate of drug-likeness (QED) is 0.366. The van der Waals surface area contributed by atoms with Gasteiger partial charge in [0.2, 0.25) is 5.91 Å². The summed E-state index contributed by atoms with van der Waals surface area (Å²) in [6, 6.07) is 18.8. The van der Waals surface area contributed by atoms with Crippen molar-refractivity contribution in [3.05, 3.63) is 66.2 Å². The lowest BCUT2D eigenvalue weighted by atomic mass is 9.70. The van der Waals surface area contributed by atoms with Crippen LogP contribution >= 0.6 is 0 Å². The summed E-state index contributed by atoms with van der Waals surface area (Å²) in [7, 11) is 3.12. The first kappa shape index (κ1) is 28.6. The number of carbonyl (C=O) groups is 2. The van der Waals surface area contributed by atoms with Gasteiger partial charge in [-0.05, 0) is 48.8 Å². The van der Waals surface area contributed by atoms with E-state index in [1.165, 1.54) is 7.11 Å². The molecule has 0 atom stereocenters. The molecule has 0 radical (unpaired) electrons. The normalized spacial score (nSPS) is 20.9. The van der Waals surface area contributed by atoms with Crippen LogP contribution in [-0.2, 0) is 15.1 Å². The molecule has 0 saturated heterocycles. The molecule has 2 aliphatic carbocycles. The Morgan fingerprint density at radius 1 is 1.00 bits per heavy atom. The fourth-order valence-corrected chi connectivity index (χ4v) is 6.02. The van der Waals surface area contributed by atoms with E-state index in [0.29, 0.717) is 23.5 Å². The van der Waals surface area contributed by atoms with E-state index in [0.717, 1.165) is 42.4 Å². The number of benzene rings is 2. The number of carbonyl (C=O) groups excluding carboxylic acids is 2. The number of hydrogen-bond acceptors (Lipinski definition) is 6. The highest BCUT2D eigenvalue weighted by molar-refractivity contribution is 5.91. The summed E-state index contributed by atoms with van der Waals surface area (Å²) in [4.78, 5) is 26.4. The Morgan fingerprint density at radius 2 is 1.66 bits per heavy atom. The molecule has 2 saturated carbocycles. The van der Waals surface area contributed by atoms with Gasteiger partial charge >= 0.3 is 6.09 Å². The van der Waals surface area contributed by atoms with Crippen molar-refractivity contribution in [2.24, 2.45) is 11.7 Å². The second-order valence-electron chi connectivity index (χ2n) is 11.3. The van der Waals surface area contributed by atoms with Crippen LogP contribution in [0.4, 0.5) is 19.4 Å². The molecular formula is C31H35F2N5O3. The molecule has 2 aliphatic rings. The van der Waals surface area contributed by atoms with Gasteiger partial charge in [0.25, 0.3) is 5.92 Å². The fourth-order valence-electron chi connectivity index (χ4n) is 6.02. The van der Waals surface area contributed by atoms with E-state index in [1.807, 2.05) is 48.5 Å². The summed E-state index contributed by atoms with van der Waals surface area (Å²) in [5.41, 5.74) is 8.91. The van der Waals surface area contributed by atoms with Crippen molar-refractivity contribution in [1.82, 2.24) is 15.1 Å². The Labute approximate surface area is 238 Å². The molecule has 3 N–H and O–H groups in total. The first-order chi connectivity index (χ1) is 19.6. The Hall–Kier alpha value is -3.92. The monoisotopic (exact) mass is 563 g/mol. The molecule has 41 heavy (non-hydrogen) atoms. The van der Waals surface area contributed by atoms with Gasteiger partial charge in [-0.25, -0.2) is 13.6 Å². The highest BCUT2D eigenvalue weighted by Crippen LogP contribution is 2.50. The van der Waals surface area contributed by atoms with Crippen LogP contribution in [0.2, 0.25) is 0 Å². The summed E-state index contributed by atoms with van der Waals surface area (Å²) in [6.07, 6.45) is 2.62. The first-order valence-electron chi connectivity index (χ1n) is 13.9. The third-order valence-electron chi connectivity index (χ3n) is 8.33. The molecule has 3 aromatic rings. The number of nitrogens with two attached hydrogens (primary N) is 1. The van der Waals surface area contributed by atoms with Crippen LogP contribution in [0.15, 0.2) is 60.7 Å². The summed E-state index contributed by atoms with van der Waals surface area (Å²) >= 11 is 0. The van der Waals surface area contributed by atoms with Crippen molar-refractivity contribution in [2.45, 2.75) is 62.4 Å². The van der Waals surface area contributed by atoms with Gasteiger partial charge in [0.15, 0.2) is 5.82 Å². The minimum Gasteiger partial charge on any atom is -0.453 e. The molecule has 1 aromatic heterocycles. The molecule has 0 unspecified atom stereocenters. The predicted octanol–water partition coefficient (Wildman–Crippen LogP) is 5.98. The lowest BCUT2D eigenvalue weighted by Gasteiger charge is -2.44. The number of methoxy groups -OCH3 is 1. The van der Waals surface area contributed by atoms with Crippen LogP contribution in [0.5, 0.6) is 0 Å². The third kappa shape index (κ3) is 6.37. The third-order valence-corrected chi connectivity index (χ3v) is 8.33. The summed E-state index contributed by atoms with van der Waals surface area (Å²) < 4.78 is 31.8. The summed E-state index contributed by atoms with van der Waals surface area (Å²) in [5, 5.41) is 11.7. The maximum Gasteiger partial charge on any atom is 0.409 e. The Bertz CT molecular complexity index is 1380. The van der Waals surface area contributed by atoms with Crippen LogP contribution < -0.4 is 11.1 Å². The van der Waals surface area contributed by atoms with Crippen molar-refractivity contribution >= 4 is 17.8 Å². The van der Waals surface area contributed by atoms with Gasteiger partial charge in [0.05, 0.1) is 12.6 Å². The molecule has 216 valence electrons. The Morgan fingerprint density at radius 3 is 2.27 bits per heavy atom. The fraction of sp³-hybridized carbons (Fsp3) is 0.419. The molecular weight excluding hydrogens is 528 g/mol. The SMILES string of the molecule is COC(=O)N(C)C1CCC(CC(=O)Nc2cc(-c3ccccc3)c(-c3ccc(C4(N)CC(F)(F)C4)cc3)nn2)CC1. The van der Waals surface area contributed by atoms with Gasteiger partial charge in [-0.3, -0.25) is 4.79 Å². The zero-order valence-electron chi connectivity index (χ0n) is 23.3. The maximum absolute atomic E-state index is 13.5. The zero-order chi connectivity index (χ0) is 29.2. The highest BCUT2D eigenvalue weighted by Gasteiger charge is 2.55. The molecule has 0 bridgehead atoms. The lowest BCUT2D eigenvalue weighted by molar-refractivity contribution is -0.125. The standard InChI is InChI=1S/C31H35F2N5O3/c1-38(29(40)41-2)24-14-8-20(9-15-24)16-27(39)35-26-17-25(21-6-4-3-5-7-21)28(37-36-26)22-10-12-23(13-11-22)30(34)18-31(32,33)19-30/h3-7,10-13,17,20,24H,8-9,14-16,18-19,34H2,1-2H3,(H,35,36,39). The predicted molar refractivity (Wildman–Crippen MR) is 152 cm³/mol. The number of nitrogens with zero attached hydrogens (tertiary/aromatic N) is 3. The van der Waals surface area contributed by atoms with Gasteiger partial charge in [0.1, 0.15) is 5.69 Å². The molecule has 5 rings (SSSR count). The summed E-state index contributed by atoms with van der Waals surface area (Å²) in [5.74, 6) is -2.28. The van der Waals surface area contributed by atoms with E-state index in [2.05, 4.69) is 15.5 Å². The largest absolute Gasteiger partial charge is 0.453 e. The molecule has 0 spiro atoms. The van der Waals surface area contributed by atoms with Gasteiger partial charge in [-0.1, -0.05) is 54.6 Å². The Balaban J connectivity index is 1.29. The Kier molecular flexibility index (Phi) is 8.04. The number of ether oxygens (including phenoxy) is 1. The van der Waals surface area contributed by atoms with Gasteiger partial charge in [-0.15, -0.1) is 10.2 Å². The van der Waals surface area contributed by atoms with E-state index in [9.17, 15) is 18.4 Å². The highest BCUT2D eigenvalue weighted by atomic mass is 19.3. The smallest absolute Gasteiger partial charge is 0.409 e. The summed E-state index contributed by atoms with van der Waals surface area (Å²) in [6.45, 7) is 0. The van der Waals surface area contributed by atoms with Gasteiger partial charge in [-0.2, -0.15) is 0 Å². The first-order valence-corrected chi connectivity index (χ1v) is 13.9. The van der Waals surface area contributed by atoms with Crippen molar-refractivity contribution in [1.29, 1.82) is 0 Å². The molecule has 2 amide bonds. The minimum atomic E-state index is -2.72. The molecule has 2 fully saturated rings. The second kappa shape index (κ2) is 11.5.